The second kappa shape index (κ2) is 9.60. The first kappa shape index (κ1) is 24.2. The fourth-order valence-corrected chi connectivity index (χ4v) is 3.60. The van der Waals surface area contributed by atoms with Crippen LogP contribution < -0.4 is 21.9 Å². The number of nitrogens with one attached hydrogen (secondary N) is 2. The molecule has 0 aliphatic carbocycles. The third-order valence-corrected chi connectivity index (χ3v) is 5.13. The first-order chi connectivity index (χ1) is 15.5. The van der Waals surface area contributed by atoms with Gasteiger partial charge in [-0.25, -0.2) is 13.9 Å². The normalized spacial score (nSPS) is 11.8. The number of aromatic nitrogens is 4. The molecule has 3 rings (SSSR count). The molecule has 0 saturated heterocycles. The second-order valence-electron chi connectivity index (χ2n) is 9.30. The van der Waals surface area contributed by atoms with Gasteiger partial charge in [0.15, 0.2) is 0 Å². The molecule has 0 unspecified atom stereocenters. The van der Waals surface area contributed by atoms with E-state index in [1.807, 2.05) is 41.5 Å². The van der Waals surface area contributed by atoms with Crippen molar-refractivity contribution in [3.05, 3.63) is 44.6 Å². The smallest absolute Gasteiger partial charge is 0.352 e. The average Bonchev–Trinajstić information content (AvgIpc) is 3.02. The third kappa shape index (κ3) is 5.15. The van der Waals surface area contributed by atoms with Crippen LogP contribution in [0.4, 0.5) is 0 Å². The van der Waals surface area contributed by atoms with Crippen molar-refractivity contribution in [1.29, 1.82) is 0 Å². The number of carbonyl (C=O) groups excluding carboxylic acids is 2. The van der Waals surface area contributed by atoms with Crippen LogP contribution in [0.25, 0.3) is 16.7 Å². The molecule has 33 heavy (non-hydrogen) atoms. The zero-order chi connectivity index (χ0) is 24.4. The third-order valence-electron chi connectivity index (χ3n) is 5.13. The van der Waals surface area contributed by atoms with Crippen LogP contribution >= 0.6 is 0 Å². The molecule has 178 valence electrons. The molecule has 0 atom stereocenters. The summed E-state index contributed by atoms with van der Waals surface area (Å²) in [5.41, 5.74) is -0.229. The van der Waals surface area contributed by atoms with Gasteiger partial charge in [-0.05, 0) is 58.2 Å². The minimum atomic E-state index is -0.548. The van der Waals surface area contributed by atoms with E-state index in [9.17, 15) is 19.2 Å². The number of aryl methyl sites for hydroxylation is 1. The minimum absolute atomic E-state index is 0.0674. The Morgan fingerprint density at radius 1 is 1.00 bits per heavy atom. The van der Waals surface area contributed by atoms with Gasteiger partial charge in [0.2, 0.25) is 11.7 Å². The zero-order valence-electron chi connectivity index (χ0n) is 20.0. The Bertz CT molecular complexity index is 1310. The van der Waals surface area contributed by atoms with E-state index in [-0.39, 0.29) is 47.3 Å². The van der Waals surface area contributed by atoms with E-state index >= 15 is 0 Å². The molecule has 2 N–H and O–H groups in total. The van der Waals surface area contributed by atoms with Crippen LogP contribution in [-0.2, 0) is 17.9 Å². The molecular weight excluding hydrogens is 424 g/mol. The van der Waals surface area contributed by atoms with Gasteiger partial charge in [-0.3, -0.25) is 19.0 Å². The summed E-state index contributed by atoms with van der Waals surface area (Å²) in [6, 6.07) is 4.51. The van der Waals surface area contributed by atoms with Crippen LogP contribution in [-0.4, -0.2) is 42.6 Å². The maximum Gasteiger partial charge on any atom is 0.352 e. The summed E-state index contributed by atoms with van der Waals surface area (Å²) in [6.45, 7) is 11.5. The fraction of sp³-hybridized carbons (Fsp3) is 0.522. The molecule has 0 saturated carbocycles. The lowest BCUT2D eigenvalue weighted by atomic mass is 10.1. The molecule has 1 aromatic carbocycles. The van der Waals surface area contributed by atoms with Crippen molar-refractivity contribution in [2.24, 2.45) is 5.92 Å². The van der Waals surface area contributed by atoms with Crippen LogP contribution in [0.1, 0.15) is 58.3 Å². The molecule has 0 radical (unpaired) electrons. The van der Waals surface area contributed by atoms with Gasteiger partial charge >= 0.3 is 5.69 Å². The van der Waals surface area contributed by atoms with E-state index in [1.165, 1.54) is 15.0 Å². The number of fused-ring (bicyclic) bond motifs is 3. The van der Waals surface area contributed by atoms with Crippen LogP contribution in [0.2, 0.25) is 0 Å². The Morgan fingerprint density at radius 2 is 1.67 bits per heavy atom. The van der Waals surface area contributed by atoms with Crippen molar-refractivity contribution in [2.75, 3.05) is 0 Å². The molecule has 0 aliphatic heterocycles. The largest absolute Gasteiger partial charge is 0.352 e. The number of benzene rings is 1. The Labute approximate surface area is 191 Å². The Morgan fingerprint density at radius 3 is 2.27 bits per heavy atom. The SMILES string of the molecule is CC(C)CCn1c(=O)c2ccc(C(=O)NC(C)C)cc2n2c(=O)n(CC(=O)NC(C)C)nc12. The summed E-state index contributed by atoms with van der Waals surface area (Å²) in [6.07, 6.45) is 0.713. The van der Waals surface area contributed by atoms with Gasteiger partial charge < -0.3 is 10.6 Å². The highest BCUT2D eigenvalue weighted by molar-refractivity contribution is 5.98. The highest BCUT2D eigenvalue weighted by atomic mass is 16.2. The summed E-state index contributed by atoms with van der Waals surface area (Å²) >= 11 is 0. The molecule has 2 heterocycles. The zero-order valence-corrected chi connectivity index (χ0v) is 20.0. The van der Waals surface area contributed by atoms with Crippen molar-refractivity contribution in [2.45, 2.75) is 73.1 Å². The summed E-state index contributed by atoms with van der Waals surface area (Å²) < 4.78 is 3.83. The van der Waals surface area contributed by atoms with Gasteiger partial charge in [0.25, 0.3) is 11.5 Å². The van der Waals surface area contributed by atoms with E-state index in [1.54, 1.807) is 12.1 Å². The lowest BCUT2D eigenvalue weighted by molar-refractivity contribution is -0.122. The van der Waals surface area contributed by atoms with E-state index in [0.29, 0.717) is 29.8 Å². The summed E-state index contributed by atoms with van der Waals surface area (Å²) in [4.78, 5) is 51.4. The predicted octanol–water partition coefficient (Wildman–Crippen LogP) is 1.52. The Hall–Kier alpha value is -3.43. The first-order valence-corrected chi connectivity index (χ1v) is 11.3. The van der Waals surface area contributed by atoms with Crippen molar-refractivity contribution in [1.82, 2.24) is 29.4 Å². The molecule has 2 amide bonds. The van der Waals surface area contributed by atoms with Crippen molar-refractivity contribution in [3.8, 4) is 0 Å². The van der Waals surface area contributed by atoms with Crippen LogP contribution in [0.15, 0.2) is 27.8 Å². The molecule has 10 nitrogen and oxygen atoms in total. The highest BCUT2D eigenvalue weighted by Crippen LogP contribution is 2.15. The number of nitrogens with zero attached hydrogens (tertiary/aromatic N) is 4. The van der Waals surface area contributed by atoms with Crippen molar-refractivity contribution < 1.29 is 9.59 Å². The monoisotopic (exact) mass is 456 g/mol. The quantitative estimate of drug-likeness (QED) is 0.533. The number of hydrogen-bond donors (Lipinski definition) is 2. The second-order valence-corrected chi connectivity index (χ2v) is 9.30. The topological polar surface area (TPSA) is 120 Å². The molecular formula is C23H32N6O4. The summed E-state index contributed by atoms with van der Waals surface area (Å²) in [5.74, 6) is -0.175. The van der Waals surface area contributed by atoms with Gasteiger partial charge in [-0.15, -0.1) is 5.10 Å². The first-order valence-electron chi connectivity index (χ1n) is 11.3. The highest BCUT2D eigenvalue weighted by Gasteiger charge is 2.20. The number of rotatable bonds is 8. The van der Waals surface area contributed by atoms with Gasteiger partial charge in [0.1, 0.15) is 6.54 Å². The number of amides is 2. The Balaban J connectivity index is 2.26. The van der Waals surface area contributed by atoms with Crippen LogP contribution in [0, 0.1) is 5.92 Å². The molecule has 10 heteroatoms. The molecule has 0 bridgehead atoms. The summed E-state index contributed by atoms with van der Waals surface area (Å²) in [7, 11) is 0. The van der Waals surface area contributed by atoms with E-state index in [4.69, 9.17) is 0 Å². The number of carbonyl (C=O) groups is 2. The van der Waals surface area contributed by atoms with Crippen molar-refractivity contribution in [3.63, 3.8) is 0 Å². The summed E-state index contributed by atoms with van der Waals surface area (Å²) in [5, 5.41) is 10.2. The average molecular weight is 457 g/mol. The van der Waals surface area contributed by atoms with Crippen LogP contribution in [0.5, 0.6) is 0 Å². The lowest BCUT2D eigenvalue weighted by Gasteiger charge is -2.12. The number of hydrogen-bond acceptors (Lipinski definition) is 5. The predicted molar refractivity (Wildman–Crippen MR) is 127 cm³/mol. The molecule has 0 fully saturated rings. The van der Waals surface area contributed by atoms with Gasteiger partial charge in [-0.2, -0.15) is 0 Å². The van der Waals surface area contributed by atoms with E-state index in [0.717, 1.165) is 4.68 Å². The van der Waals surface area contributed by atoms with E-state index < -0.39 is 5.69 Å². The van der Waals surface area contributed by atoms with E-state index in [2.05, 4.69) is 15.7 Å². The van der Waals surface area contributed by atoms with Gasteiger partial charge in [0, 0.05) is 24.2 Å². The maximum absolute atomic E-state index is 13.3. The molecule has 0 spiro atoms. The van der Waals surface area contributed by atoms with Gasteiger partial charge in [-0.1, -0.05) is 13.8 Å². The lowest BCUT2D eigenvalue weighted by Crippen LogP contribution is -2.36. The molecule has 0 aliphatic rings. The maximum atomic E-state index is 13.3. The Kier molecular flexibility index (Phi) is 7.04. The molecule has 2 aromatic heterocycles. The fourth-order valence-electron chi connectivity index (χ4n) is 3.60. The molecule has 3 aromatic rings. The standard InChI is InChI=1S/C23H32N6O4/c1-13(2)9-10-27-21(32)17-8-7-16(20(31)25-15(5)6)11-18(17)29-22(27)26-28(23(29)33)12-19(30)24-14(3)4/h7-8,11,13-15H,9-10,12H2,1-6H3,(H,24,30)(H,25,31). The minimum Gasteiger partial charge on any atom is -0.352 e. The van der Waals surface area contributed by atoms with Crippen LogP contribution in [0.3, 0.4) is 0 Å². The van der Waals surface area contributed by atoms with Gasteiger partial charge in [0.05, 0.1) is 10.9 Å². The van der Waals surface area contributed by atoms with Crippen molar-refractivity contribution >= 4 is 28.5 Å².